The molecule has 0 aromatic carbocycles. The Morgan fingerprint density at radius 1 is 1.19 bits per heavy atom. The fourth-order valence-corrected chi connectivity index (χ4v) is 4.88. The molecule has 31 heavy (non-hydrogen) atoms. The predicted molar refractivity (Wildman–Crippen MR) is 121 cm³/mol. The maximum atomic E-state index is 13.3. The average Bonchev–Trinajstić information content (AvgIpc) is 3.11. The van der Waals surface area contributed by atoms with Crippen LogP contribution in [0, 0.1) is 5.92 Å². The van der Waals surface area contributed by atoms with Crippen molar-refractivity contribution in [3.05, 3.63) is 18.0 Å². The largest absolute Gasteiger partial charge is 0.381 e. The third-order valence-electron chi connectivity index (χ3n) is 6.78. The van der Waals surface area contributed by atoms with Crippen molar-refractivity contribution in [2.75, 3.05) is 11.9 Å². The Morgan fingerprint density at radius 2 is 1.97 bits per heavy atom. The van der Waals surface area contributed by atoms with Crippen molar-refractivity contribution < 1.29 is 9.59 Å². The number of hydrogen-bond donors (Lipinski definition) is 3. The van der Waals surface area contributed by atoms with Gasteiger partial charge in [-0.2, -0.15) is 5.10 Å². The summed E-state index contributed by atoms with van der Waals surface area (Å²) in [5.74, 6) is 0.213. The summed E-state index contributed by atoms with van der Waals surface area (Å²) >= 11 is 0. The molecule has 0 spiro atoms. The number of nitrogens with zero attached hydrogens (tertiary/aromatic N) is 3. The van der Waals surface area contributed by atoms with Gasteiger partial charge >= 0.3 is 0 Å². The quantitative estimate of drug-likeness (QED) is 0.658. The molecule has 2 aliphatic rings. The molecule has 8 heteroatoms. The molecule has 4 rings (SSSR count). The van der Waals surface area contributed by atoms with Crippen LogP contribution in [0.25, 0.3) is 11.0 Å². The summed E-state index contributed by atoms with van der Waals surface area (Å²) in [5.41, 5.74) is 2.02. The summed E-state index contributed by atoms with van der Waals surface area (Å²) in [6, 6.07) is -0.267. The molecule has 1 aliphatic carbocycles. The summed E-state index contributed by atoms with van der Waals surface area (Å²) in [4.78, 5) is 30.1. The number of amides is 2. The summed E-state index contributed by atoms with van der Waals surface area (Å²) < 4.78 is 1.84. The van der Waals surface area contributed by atoms with Crippen molar-refractivity contribution in [3.8, 4) is 0 Å². The Balaban J connectivity index is 1.64. The highest BCUT2D eigenvalue weighted by atomic mass is 16.2. The van der Waals surface area contributed by atoms with Crippen molar-refractivity contribution in [2.45, 2.75) is 83.8 Å². The molecule has 1 saturated heterocycles. The highest BCUT2D eigenvalue weighted by Gasteiger charge is 2.27. The van der Waals surface area contributed by atoms with Crippen molar-refractivity contribution >= 4 is 28.5 Å². The lowest BCUT2D eigenvalue weighted by Gasteiger charge is -2.30. The Hall–Kier alpha value is -2.64. The van der Waals surface area contributed by atoms with Crippen LogP contribution in [0.3, 0.4) is 0 Å². The van der Waals surface area contributed by atoms with Crippen molar-refractivity contribution in [2.24, 2.45) is 5.92 Å². The molecule has 2 fully saturated rings. The molecule has 2 amide bonds. The number of carbonyl (C=O) groups excluding carboxylic acids is 2. The number of aromatic nitrogens is 3. The Labute approximate surface area is 183 Å². The maximum Gasteiger partial charge on any atom is 0.255 e. The standard InChI is InChI=1S/C23H34N6O2/c1-3-29-21-17(14-26-29)20(27-15(2)16-9-5-4-6-10-16)18(13-25-21)22(30)28-19-11-7-8-12-24-23(19)31/h13-16,19H,3-12H2,1-2H3,(H,24,31)(H,25,27)(H,28,30)/t15-,19?/m0/s1. The van der Waals surface area contributed by atoms with Gasteiger partial charge in [-0.05, 0) is 51.9 Å². The molecule has 3 N–H and O–H groups in total. The first-order valence-corrected chi connectivity index (χ1v) is 11.8. The lowest BCUT2D eigenvalue weighted by Crippen LogP contribution is -2.45. The van der Waals surface area contributed by atoms with Crippen LogP contribution in [0.1, 0.15) is 75.6 Å². The highest BCUT2D eigenvalue weighted by molar-refractivity contribution is 6.07. The minimum absolute atomic E-state index is 0.108. The van der Waals surface area contributed by atoms with E-state index in [1.165, 1.54) is 32.1 Å². The van der Waals surface area contributed by atoms with E-state index in [0.29, 0.717) is 31.0 Å². The molecule has 8 nitrogen and oxygen atoms in total. The van der Waals surface area contributed by atoms with Gasteiger partial charge in [0.15, 0.2) is 5.65 Å². The molecular formula is C23H34N6O2. The summed E-state index contributed by atoms with van der Waals surface area (Å²) in [6.07, 6.45) is 12.2. The van der Waals surface area contributed by atoms with Crippen LogP contribution in [-0.2, 0) is 11.3 Å². The molecule has 2 atom stereocenters. The second kappa shape index (κ2) is 9.66. The van der Waals surface area contributed by atoms with Gasteiger partial charge in [-0.1, -0.05) is 19.3 Å². The molecule has 0 bridgehead atoms. The lowest BCUT2D eigenvalue weighted by atomic mass is 9.84. The van der Waals surface area contributed by atoms with E-state index in [2.05, 4.69) is 33.0 Å². The topological polar surface area (TPSA) is 101 Å². The van der Waals surface area contributed by atoms with Crippen LogP contribution in [0.4, 0.5) is 5.69 Å². The van der Waals surface area contributed by atoms with E-state index in [9.17, 15) is 9.59 Å². The fraction of sp³-hybridized carbons (Fsp3) is 0.652. The van der Waals surface area contributed by atoms with Gasteiger partial charge in [0.1, 0.15) is 6.04 Å². The van der Waals surface area contributed by atoms with Crippen molar-refractivity contribution in [1.29, 1.82) is 0 Å². The molecule has 0 radical (unpaired) electrons. The number of pyridine rings is 1. The molecular weight excluding hydrogens is 392 g/mol. The van der Waals surface area contributed by atoms with Gasteiger partial charge in [0, 0.05) is 25.3 Å². The highest BCUT2D eigenvalue weighted by Crippen LogP contribution is 2.32. The lowest BCUT2D eigenvalue weighted by molar-refractivity contribution is -0.122. The second-order valence-corrected chi connectivity index (χ2v) is 8.89. The minimum atomic E-state index is -0.507. The third kappa shape index (κ3) is 4.67. The second-order valence-electron chi connectivity index (χ2n) is 8.89. The van der Waals surface area contributed by atoms with E-state index >= 15 is 0 Å². The molecule has 1 aliphatic heterocycles. The van der Waals surface area contributed by atoms with Crippen LogP contribution in [0.15, 0.2) is 12.4 Å². The predicted octanol–water partition coefficient (Wildman–Crippen LogP) is 3.23. The zero-order valence-electron chi connectivity index (χ0n) is 18.6. The first-order valence-electron chi connectivity index (χ1n) is 11.8. The number of rotatable bonds is 6. The van der Waals surface area contributed by atoms with E-state index in [4.69, 9.17) is 0 Å². The van der Waals surface area contributed by atoms with E-state index < -0.39 is 6.04 Å². The Morgan fingerprint density at radius 3 is 2.74 bits per heavy atom. The number of fused-ring (bicyclic) bond motifs is 1. The summed E-state index contributed by atoms with van der Waals surface area (Å²) in [6.45, 7) is 5.60. The molecule has 3 heterocycles. The smallest absolute Gasteiger partial charge is 0.255 e. The van der Waals surface area contributed by atoms with Crippen LogP contribution in [0.5, 0.6) is 0 Å². The SMILES string of the molecule is CCn1ncc2c(N[C@@H](C)C3CCCCC3)c(C(=O)NC3CCCCNC3=O)cnc21. The number of nitrogens with one attached hydrogen (secondary N) is 3. The number of hydrogen-bond acceptors (Lipinski definition) is 5. The van der Waals surface area contributed by atoms with E-state index in [1.54, 1.807) is 12.4 Å². The molecule has 2 aromatic rings. The normalized spacial score (nSPS) is 21.4. The summed E-state index contributed by atoms with van der Waals surface area (Å²) in [5, 5.41) is 14.8. The Kier molecular flexibility index (Phi) is 6.73. The molecule has 2 aromatic heterocycles. The van der Waals surface area contributed by atoms with E-state index in [1.807, 2.05) is 11.6 Å². The minimum Gasteiger partial charge on any atom is -0.381 e. The van der Waals surface area contributed by atoms with Gasteiger partial charge in [0.05, 0.1) is 22.8 Å². The van der Waals surface area contributed by atoms with E-state index in [0.717, 1.165) is 29.6 Å². The van der Waals surface area contributed by atoms with Crippen LogP contribution in [0.2, 0.25) is 0 Å². The van der Waals surface area contributed by atoms with E-state index in [-0.39, 0.29) is 17.9 Å². The average molecular weight is 427 g/mol. The van der Waals surface area contributed by atoms with Crippen LogP contribution < -0.4 is 16.0 Å². The van der Waals surface area contributed by atoms with Crippen molar-refractivity contribution in [3.63, 3.8) is 0 Å². The summed E-state index contributed by atoms with van der Waals surface area (Å²) in [7, 11) is 0. The molecule has 1 unspecified atom stereocenters. The maximum absolute atomic E-state index is 13.3. The van der Waals surface area contributed by atoms with Gasteiger partial charge < -0.3 is 16.0 Å². The Bertz CT molecular complexity index is 934. The van der Waals surface area contributed by atoms with Gasteiger partial charge in [0.2, 0.25) is 5.91 Å². The molecule has 168 valence electrons. The third-order valence-corrected chi connectivity index (χ3v) is 6.78. The van der Waals surface area contributed by atoms with Crippen LogP contribution in [-0.4, -0.2) is 45.2 Å². The molecule has 1 saturated carbocycles. The van der Waals surface area contributed by atoms with Gasteiger partial charge in [-0.15, -0.1) is 0 Å². The fourth-order valence-electron chi connectivity index (χ4n) is 4.88. The first-order chi connectivity index (χ1) is 15.1. The van der Waals surface area contributed by atoms with Crippen LogP contribution >= 0.6 is 0 Å². The number of aryl methyl sites for hydroxylation is 1. The zero-order valence-corrected chi connectivity index (χ0v) is 18.6. The first kappa shape index (κ1) is 21.6. The van der Waals surface area contributed by atoms with Gasteiger partial charge in [0.25, 0.3) is 5.91 Å². The zero-order chi connectivity index (χ0) is 21.8. The monoisotopic (exact) mass is 426 g/mol. The number of anilines is 1. The van der Waals surface area contributed by atoms with Gasteiger partial charge in [-0.3, -0.25) is 9.59 Å². The van der Waals surface area contributed by atoms with Gasteiger partial charge in [-0.25, -0.2) is 9.67 Å². The van der Waals surface area contributed by atoms with Crippen molar-refractivity contribution in [1.82, 2.24) is 25.4 Å². The number of carbonyl (C=O) groups is 2.